The van der Waals surface area contributed by atoms with Gasteiger partial charge in [0.25, 0.3) is 0 Å². The highest BCUT2D eigenvalue weighted by atomic mass is 19.4. The van der Waals surface area contributed by atoms with Crippen LogP contribution in [0, 0.1) is 11.6 Å². The van der Waals surface area contributed by atoms with Crippen LogP contribution in [0.25, 0.3) is 0 Å². The molecule has 118 valence electrons. The van der Waals surface area contributed by atoms with E-state index in [9.17, 15) is 26.7 Å². The molecule has 2 rings (SSSR count). The molecule has 0 bridgehead atoms. The summed E-state index contributed by atoms with van der Waals surface area (Å²) < 4.78 is 70.6. The van der Waals surface area contributed by atoms with Gasteiger partial charge in [-0.25, -0.2) is 8.78 Å². The number of rotatable bonds is 4. The van der Waals surface area contributed by atoms with Crippen LogP contribution in [0.1, 0.15) is 17.3 Å². The van der Waals surface area contributed by atoms with Crippen LogP contribution in [0.4, 0.5) is 22.0 Å². The van der Waals surface area contributed by atoms with E-state index in [-0.39, 0.29) is 5.69 Å². The van der Waals surface area contributed by atoms with Crippen LogP contribution in [0.15, 0.2) is 35.1 Å². The van der Waals surface area contributed by atoms with Crippen LogP contribution < -0.4 is 5.32 Å². The Kier molecular flexibility index (Phi) is 4.43. The summed E-state index contributed by atoms with van der Waals surface area (Å²) in [6.07, 6.45) is -4.44. The number of aromatic nitrogens is 1. The summed E-state index contributed by atoms with van der Waals surface area (Å²) in [5.74, 6) is -3.90. The average molecular weight is 320 g/mol. The first kappa shape index (κ1) is 15.9. The smallest absolute Gasteiger partial charge is 0.364 e. The van der Waals surface area contributed by atoms with E-state index >= 15 is 0 Å². The van der Waals surface area contributed by atoms with Gasteiger partial charge in [0.2, 0.25) is 5.91 Å². The largest absolute Gasteiger partial charge is 0.413 e. The fraction of sp³-hybridized carbons (Fsp3) is 0.231. The van der Waals surface area contributed by atoms with Crippen LogP contribution in [0.2, 0.25) is 0 Å². The molecule has 0 unspecified atom stereocenters. The summed E-state index contributed by atoms with van der Waals surface area (Å²) in [6, 6.07) is 0.778. The van der Waals surface area contributed by atoms with Gasteiger partial charge in [0.05, 0.1) is 17.7 Å². The lowest BCUT2D eigenvalue weighted by molar-refractivity contribution is -0.164. The van der Waals surface area contributed by atoms with E-state index in [2.05, 4.69) is 9.68 Å². The summed E-state index contributed by atoms with van der Waals surface area (Å²) >= 11 is 0. The first-order chi connectivity index (χ1) is 10.3. The Morgan fingerprint density at radius 2 is 1.86 bits per heavy atom. The summed E-state index contributed by atoms with van der Waals surface area (Å²) in [7, 11) is 0. The summed E-state index contributed by atoms with van der Waals surface area (Å²) in [4.78, 5) is 11.6. The van der Waals surface area contributed by atoms with Gasteiger partial charge in [-0.15, -0.1) is 0 Å². The third-order valence-electron chi connectivity index (χ3n) is 2.75. The van der Waals surface area contributed by atoms with Gasteiger partial charge in [-0.3, -0.25) is 4.79 Å². The number of carbonyl (C=O) groups excluding carboxylic acids is 1. The molecule has 4 nitrogen and oxygen atoms in total. The van der Waals surface area contributed by atoms with Crippen LogP contribution in [-0.2, 0) is 11.2 Å². The molecule has 0 saturated carbocycles. The molecule has 0 aliphatic heterocycles. The zero-order chi connectivity index (χ0) is 16.3. The minimum Gasteiger partial charge on any atom is -0.364 e. The van der Waals surface area contributed by atoms with Crippen molar-refractivity contribution >= 4 is 5.91 Å². The number of nitrogens with zero attached hydrogens (tertiary/aromatic N) is 1. The standard InChI is InChI=1S/C13H9F5N2O2/c14-8-2-1-3-9(15)11(8)12(13(16,17)18)19-10(21)6-7-4-5-22-20-7/h1-5,12H,6H2,(H,19,21)/t12-/m1/s1. The second-order valence-electron chi connectivity index (χ2n) is 4.35. The molecule has 22 heavy (non-hydrogen) atoms. The first-order valence-corrected chi connectivity index (χ1v) is 5.98. The molecule has 1 aromatic heterocycles. The molecule has 0 spiro atoms. The molecule has 0 aliphatic rings. The highest BCUT2D eigenvalue weighted by Gasteiger charge is 2.44. The van der Waals surface area contributed by atoms with Crippen LogP contribution in [0.5, 0.6) is 0 Å². The number of benzene rings is 1. The molecule has 1 amide bonds. The van der Waals surface area contributed by atoms with Crippen molar-refractivity contribution in [3.63, 3.8) is 0 Å². The molecular formula is C13H9F5N2O2. The van der Waals surface area contributed by atoms with E-state index in [1.165, 1.54) is 6.07 Å². The van der Waals surface area contributed by atoms with E-state index in [1.54, 1.807) is 5.32 Å². The van der Waals surface area contributed by atoms with Gasteiger partial charge in [-0.05, 0) is 12.1 Å². The van der Waals surface area contributed by atoms with Crippen molar-refractivity contribution in [3.8, 4) is 0 Å². The van der Waals surface area contributed by atoms with Gasteiger partial charge < -0.3 is 9.84 Å². The van der Waals surface area contributed by atoms with E-state index in [0.29, 0.717) is 12.1 Å². The highest BCUT2D eigenvalue weighted by molar-refractivity contribution is 5.78. The predicted molar refractivity (Wildman–Crippen MR) is 63.5 cm³/mol. The Morgan fingerprint density at radius 3 is 2.36 bits per heavy atom. The lowest BCUT2D eigenvalue weighted by atomic mass is 10.0. The molecular weight excluding hydrogens is 311 g/mol. The molecule has 1 N–H and O–H groups in total. The topological polar surface area (TPSA) is 55.1 Å². The Balaban J connectivity index is 2.26. The van der Waals surface area contributed by atoms with Crippen LogP contribution in [0.3, 0.4) is 0 Å². The zero-order valence-corrected chi connectivity index (χ0v) is 10.8. The van der Waals surface area contributed by atoms with Crippen molar-refractivity contribution in [1.82, 2.24) is 10.5 Å². The molecule has 0 radical (unpaired) electrons. The minimum atomic E-state index is -5.07. The quantitative estimate of drug-likeness (QED) is 0.881. The van der Waals surface area contributed by atoms with E-state index in [1.807, 2.05) is 0 Å². The van der Waals surface area contributed by atoms with Crippen molar-refractivity contribution in [2.24, 2.45) is 0 Å². The summed E-state index contributed by atoms with van der Waals surface area (Å²) in [5.41, 5.74) is -1.17. The van der Waals surface area contributed by atoms with Crippen LogP contribution >= 0.6 is 0 Å². The van der Waals surface area contributed by atoms with E-state index < -0.39 is 41.7 Å². The number of carbonyl (C=O) groups is 1. The highest BCUT2D eigenvalue weighted by Crippen LogP contribution is 2.35. The van der Waals surface area contributed by atoms with Gasteiger partial charge in [0.1, 0.15) is 17.9 Å². The SMILES string of the molecule is O=C(Cc1ccon1)N[C@H](c1c(F)cccc1F)C(F)(F)F. The number of alkyl halides is 3. The van der Waals surface area contributed by atoms with Gasteiger partial charge in [-0.1, -0.05) is 11.2 Å². The molecule has 0 fully saturated rings. The Bertz CT molecular complexity index is 635. The number of amides is 1. The monoisotopic (exact) mass is 320 g/mol. The van der Waals surface area contributed by atoms with Gasteiger partial charge in [0.15, 0.2) is 6.04 Å². The maximum atomic E-state index is 13.5. The molecule has 1 aromatic carbocycles. The predicted octanol–water partition coefficient (Wildman–Crippen LogP) is 2.92. The van der Waals surface area contributed by atoms with Gasteiger partial charge in [-0.2, -0.15) is 13.2 Å². The fourth-order valence-corrected chi connectivity index (χ4v) is 1.81. The van der Waals surface area contributed by atoms with E-state index in [0.717, 1.165) is 12.3 Å². The average Bonchev–Trinajstić information content (AvgIpc) is 2.89. The fourth-order valence-electron chi connectivity index (χ4n) is 1.81. The first-order valence-electron chi connectivity index (χ1n) is 5.98. The lowest BCUT2D eigenvalue weighted by Crippen LogP contribution is -2.40. The second-order valence-corrected chi connectivity index (χ2v) is 4.35. The van der Waals surface area contributed by atoms with Gasteiger partial charge in [0, 0.05) is 6.07 Å². The molecule has 9 heteroatoms. The zero-order valence-electron chi connectivity index (χ0n) is 10.8. The van der Waals surface area contributed by atoms with Gasteiger partial charge >= 0.3 is 6.18 Å². The van der Waals surface area contributed by atoms with Crippen molar-refractivity contribution in [3.05, 3.63) is 53.4 Å². The maximum absolute atomic E-state index is 13.5. The third kappa shape index (κ3) is 3.60. The number of nitrogens with one attached hydrogen (secondary N) is 1. The molecule has 1 heterocycles. The molecule has 0 aliphatic carbocycles. The Morgan fingerprint density at radius 1 is 1.23 bits per heavy atom. The number of halogens is 5. The maximum Gasteiger partial charge on any atom is 0.413 e. The Hall–Kier alpha value is -2.45. The normalized spacial score (nSPS) is 13.0. The van der Waals surface area contributed by atoms with Crippen molar-refractivity contribution < 1.29 is 31.3 Å². The summed E-state index contributed by atoms with van der Waals surface area (Å²) in [5, 5.41) is 4.94. The second kappa shape index (κ2) is 6.12. The number of hydrogen-bond acceptors (Lipinski definition) is 3. The van der Waals surface area contributed by atoms with E-state index in [4.69, 9.17) is 0 Å². The van der Waals surface area contributed by atoms with Crippen molar-refractivity contribution in [2.45, 2.75) is 18.6 Å². The minimum absolute atomic E-state index is 0.0902. The summed E-state index contributed by atoms with van der Waals surface area (Å²) in [6.45, 7) is 0. The number of hydrogen-bond donors (Lipinski definition) is 1. The van der Waals surface area contributed by atoms with Crippen LogP contribution in [-0.4, -0.2) is 17.2 Å². The molecule has 1 atom stereocenters. The lowest BCUT2D eigenvalue weighted by Gasteiger charge is -2.22. The molecule has 2 aromatic rings. The van der Waals surface area contributed by atoms with Crippen molar-refractivity contribution in [2.75, 3.05) is 0 Å². The third-order valence-corrected chi connectivity index (χ3v) is 2.75. The molecule has 0 saturated heterocycles. The van der Waals surface area contributed by atoms with Crippen molar-refractivity contribution in [1.29, 1.82) is 0 Å². The Labute approximate surface area is 120 Å².